The number of carbonyl (C=O) groups excluding carboxylic acids is 1. The number of halogens is 3. The van der Waals surface area contributed by atoms with Gasteiger partial charge in [0.15, 0.2) is 17.1 Å². The quantitative estimate of drug-likeness (QED) is 0.0231. The number of unbranched alkanes of at least 4 members (excludes halogenated alkanes) is 15. The smallest absolute Gasteiger partial charge is 0.323 e. The van der Waals surface area contributed by atoms with Crippen molar-refractivity contribution in [2.24, 2.45) is 0 Å². The molecule has 0 saturated carbocycles. The molecular weight excluding hydrogens is 720 g/mol. The van der Waals surface area contributed by atoms with E-state index >= 15 is 0 Å². The molecule has 54 heavy (non-hydrogen) atoms. The van der Waals surface area contributed by atoms with Crippen molar-refractivity contribution in [2.75, 3.05) is 26.1 Å². The number of imidazole rings is 1. The molecule has 0 aliphatic carbocycles. The van der Waals surface area contributed by atoms with Gasteiger partial charge in [0, 0.05) is 26.1 Å². The Morgan fingerprint density at radius 2 is 1.52 bits per heavy atom. The second-order valence-corrected chi connectivity index (χ2v) is 15.0. The molecule has 15 heteroatoms. The van der Waals surface area contributed by atoms with Crippen molar-refractivity contribution in [3.8, 4) is 12.3 Å². The van der Waals surface area contributed by atoms with Gasteiger partial charge in [-0.15, -0.1) is 6.42 Å². The maximum atomic E-state index is 14.0. The second-order valence-electron chi connectivity index (χ2n) is 13.8. The summed E-state index contributed by atoms with van der Waals surface area (Å²) in [5.41, 5.74) is 4.91. The summed E-state index contributed by atoms with van der Waals surface area (Å²) in [6.07, 6.45) is 25.6. The van der Waals surface area contributed by atoms with Crippen LogP contribution in [0.3, 0.4) is 0 Å². The molecule has 2 heterocycles. The summed E-state index contributed by atoms with van der Waals surface area (Å²) in [7, 11) is -1.81. The topological polar surface area (TPSA) is 143 Å². The lowest BCUT2D eigenvalue weighted by molar-refractivity contribution is -0.145. The number of ether oxygens (including phenoxy) is 2. The van der Waals surface area contributed by atoms with E-state index in [0.29, 0.717) is 6.42 Å². The zero-order chi connectivity index (χ0) is 39.2. The van der Waals surface area contributed by atoms with E-state index in [1.165, 1.54) is 95.1 Å². The summed E-state index contributed by atoms with van der Waals surface area (Å²) < 4.78 is 73.1. The van der Waals surface area contributed by atoms with E-state index in [2.05, 4.69) is 32.9 Å². The van der Waals surface area contributed by atoms with Crippen molar-refractivity contribution in [1.82, 2.24) is 24.6 Å². The third-order valence-electron chi connectivity index (χ3n) is 9.49. The van der Waals surface area contributed by atoms with E-state index in [1.54, 1.807) is 0 Å². The molecule has 0 aliphatic heterocycles. The number of nitrogens with zero attached hydrogens (tertiary/aromatic N) is 4. The maximum Gasteiger partial charge on any atom is 0.323 e. The molecule has 300 valence electrons. The van der Waals surface area contributed by atoms with E-state index in [1.807, 2.05) is 0 Å². The van der Waals surface area contributed by atoms with Crippen LogP contribution in [-0.4, -0.2) is 57.5 Å². The van der Waals surface area contributed by atoms with Crippen LogP contribution in [0.4, 0.5) is 19.0 Å². The molecule has 0 radical (unpaired) electrons. The Balaban J connectivity index is 1.43. The van der Waals surface area contributed by atoms with Gasteiger partial charge >= 0.3 is 12.0 Å². The zero-order valence-corrected chi connectivity index (χ0v) is 32.9. The number of benzene rings is 1. The van der Waals surface area contributed by atoms with Gasteiger partial charge in [-0.3, -0.25) is 9.36 Å². The van der Waals surface area contributed by atoms with Gasteiger partial charge in [0.25, 0.3) is 8.18 Å². The van der Waals surface area contributed by atoms with Gasteiger partial charge in [-0.05, 0) is 30.5 Å². The first-order valence-electron chi connectivity index (χ1n) is 19.3. The summed E-state index contributed by atoms with van der Waals surface area (Å²) in [5.74, 6) is 0.0628. The normalized spacial score (nSPS) is 13.8. The molecule has 3 rings (SSSR count). The van der Waals surface area contributed by atoms with E-state index in [0.717, 1.165) is 37.5 Å². The monoisotopic (exact) mass is 778 g/mol. The van der Waals surface area contributed by atoms with Crippen LogP contribution < -0.4 is 10.8 Å². The lowest BCUT2D eigenvalue weighted by atomic mass is 10.0. The highest BCUT2D eigenvalue weighted by molar-refractivity contribution is 7.36. The molecule has 1 aromatic carbocycles. The number of nitrogen functional groups attached to an aromatic ring is 1. The number of methoxy groups -OCH3 is 1. The lowest BCUT2D eigenvalue weighted by Crippen LogP contribution is -2.39. The summed E-state index contributed by atoms with van der Waals surface area (Å²) >= 11 is 0. The largest absolute Gasteiger partial charge is 0.465 e. The van der Waals surface area contributed by atoms with Crippen LogP contribution in [0.2, 0.25) is 0 Å². The van der Waals surface area contributed by atoms with Crippen LogP contribution in [-0.2, 0) is 36.3 Å². The van der Waals surface area contributed by atoms with Crippen LogP contribution in [0.15, 0.2) is 24.5 Å². The highest BCUT2D eigenvalue weighted by Crippen LogP contribution is 2.27. The number of carbonyl (C=O) groups is 1. The minimum atomic E-state index is -3.17. The Labute approximate surface area is 318 Å². The molecule has 3 N–H and O–H groups in total. The first-order valence-corrected chi connectivity index (χ1v) is 20.6. The second kappa shape index (κ2) is 24.8. The third kappa shape index (κ3) is 16.1. The van der Waals surface area contributed by atoms with Crippen LogP contribution in [0.5, 0.6) is 0 Å². The summed E-state index contributed by atoms with van der Waals surface area (Å²) in [6, 6.07) is 1.69. The zero-order valence-electron chi connectivity index (χ0n) is 31.9. The van der Waals surface area contributed by atoms with Crippen LogP contribution in [0.1, 0.15) is 122 Å². The maximum absolute atomic E-state index is 14.0. The summed E-state index contributed by atoms with van der Waals surface area (Å²) in [6.45, 7) is 2.21. The third-order valence-corrected chi connectivity index (χ3v) is 10.5. The predicted octanol–water partition coefficient (Wildman–Crippen LogP) is 8.65. The number of anilines is 1. The molecule has 0 aliphatic rings. The standard InChI is InChI=1S/C39H58F3N6O5P/c1-4-6-7-8-9-10-11-12-13-14-15-16-17-18-19-20-23-52-37(49)33(26-30-24-31(40)27-32(41)25-30)47-54(50)53-28-39(5-2,51-3)21-22-48-29-44-34-35(43)45-38(42)46-36(34)48/h2,24-25,27,29,33,54H,4,6-23,26,28H2,1,3H3,(H,47,50)(H2,43,45,46)/t33-,39-/m0/s1. The van der Waals surface area contributed by atoms with E-state index in [9.17, 15) is 22.5 Å². The molecular formula is C39H58F3N6O5P. The number of nitrogens with one attached hydrogen (secondary N) is 1. The average molecular weight is 779 g/mol. The summed E-state index contributed by atoms with van der Waals surface area (Å²) in [4.78, 5) is 24.5. The van der Waals surface area contributed by atoms with Crippen molar-refractivity contribution in [3.05, 3.63) is 47.8 Å². The van der Waals surface area contributed by atoms with Gasteiger partial charge < -0.3 is 24.3 Å². The minimum Gasteiger partial charge on any atom is -0.465 e. The Bertz CT molecular complexity index is 1620. The van der Waals surface area contributed by atoms with Crippen LogP contribution >= 0.6 is 8.18 Å². The Morgan fingerprint density at radius 1 is 0.944 bits per heavy atom. The molecule has 0 bridgehead atoms. The number of fused-ring (bicyclic) bond motifs is 1. The molecule has 3 aromatic rings. The lowest BCUT2D eigenvalue weighted by Gasteiger charge is -2.27. The number of nitrogens with two attached hydrogens (primary N) is 1. The number of hydrogen-bond acceptors (Lipinski definition) is 9. The van der Waals surface area contributed by atoms with Crippen molar-refractivity contribution in [1.29, 1.82) is 0 Å². The number of hydrogen-bond donors (Lipinski definition) is 2. The highest BCUT2D eigenvalue weighted by atomic mass is 31.1. The first-order chi connectivity index (χ1) is 26.1. The van der Waals surface area contributed by atoms with E-state index in [-0.39, 0.29) is 55.1 Å². The molecule has 0 amide bonds. The van der Waals surface area contributed by atoms with Crippen molar-refractivity contribution < 1.29 is 36.5 Å². The molecule has 1 unspecified atom stereocenters. The van der Waals surface area contributed by atoms with Crippen LogP contribution in [0, 0.1) is 30.1 Å². The molecule has 0 fully saturated rings. The van der Waals surface area contributed by atoms with Gasteiger partial charge in [-0.25, -0.2) is 18.9 Å². The fourth-order valence-corrected chi connectivity index (χ4v) is 7.21. The molecule has 0 spiro atoms. The summed E-state index contributed by atoms with van der Waals surface area (Å²) in [5, 5.41) is 2.63. The van der Waals surface area contributed by atoms with Gasteiger partial charge in [0.05, 0.1) is 19.5 Å². The molecule has 3 atom stereocenters. The van der Waals surface area contributed by atoms with Crippen molar-refractivity contribution in [3.63, 3.8) is 0 Å². The van der Waals surface area contributed by atoms with Gasteiger partial charge in [-0.1, -0.05) is 109 Å². The van der Waals surface area contributed by atoms with Gasteiger partial charge in [-0.2, -0.15) is 14.4 Å². The fraction of sp³-hybridized carbons (Fsp3) is 0.641. The minimum absolute atomic E-state index is 0.111. The Morgan fingerprint density at radius 3 is 2.07 bits per heavy atom. The van der Waals surface area contributed by atoms with E-state index < -0.39 is 43.5 Å². The number of terminal acetylenes is 1. The van der Waals surface area contributed by atoms with Crippen LogP contribution in [0.25, 0.3) is 11.2 Å². The number of esters is 1. The first kappa shape index (κ1) is 44.9. The number of aryl methyl sites for hydroxylation is 1. The van der Waals surface area contributed by atoms with Crippen molar-refractivity contribution >= 4 is 31.1 Å². The average Bonchev–Trinajstić information content (AvgIpc) is 3.55. The highest BCUT2D eigenvalue weighted by Gasteiger charge is 2.31. The number of aromatic nitrogens is 4. The van der Waals surface area contributed by atoms with E-state index in [4.69, 9.17) is 26.2 Å². The molecule has 0 saturated heterocycles. The molecule has 2 aromatic heterocycles. The molecule has 11 nitrogen and oxygen atoms in total. The van der Waals surface area contributed by atoms with Gasteiger partial charge in [0.2, 0.25) is 0 Å². The number of rotatable bonds is 29. The Hall–Kier alpha value is -3.50. The predicted molar refractivity (Wildman–Crippen MR) is 205 cm³/mol. The SMILES string of the molecule is C#C[C@](CCn1cnc2c(N)nc(F)nc21)(CO[PH](=O)N[C@@H](Cc1cc(F)cc(F)c1)C(=O)OCCCCCCCCCCCCCCCCCC)OC. The fourth-order valence-electron chi connectivity index (χ4n) is 6.26. The van der Waals surface area contributed by atoms with Gasteiger partial charge in [0.1, 0.15) is 23.2 Å². The Kier molecular flexibility index (Phi) is 20.6. The van der Waals surface area contributed by atoms with Crippen molar-refractivity contribution in [2.45, 2.75) is 141 Å².